The number of hydrogen-bond acceptors (Lipinski definition) is 3. The Morgan fingerprint density at radius 2 is 2.05 bits per heavy atom. The van der Waals surface area contributed by atoms with E-state index in [1.54, 1.807) is 12.1 Å². The first kappa shape index (κ1) is 15.0. The molecule has 1 N–H and O–H groups in total. The number of rotatable bonds is 6. The van der Waals surface area contributed by atoms with E-state index in [4.69, 9.17) is 0 Å². The molecule has 4 nitrogen and oxygen atoms in total. The molecule has 1 aromatic carbocycles. The highest BCUT2D eigenvalue weighted by molar-refractivity contribution is 5.39. The maximum atomic E-state index is 11.0. The second-order valence-electron chi connectivity index (χ2n) is 5.65. The highest BCUT2D eigenvalue weighted by atomic mass is 16.6. The average Bonchev–Trinajstić information content (AvgIpc) is 2.48. The van der Waals surface area contributed by atoms with E-state index in [0.29, 0.717) is 6.04 Å². The SMILES string of the molecule is CCC1CCCCC1NCCc1ccccc1[N+](=O)[O-]. The third kappa shape index (κ3) is 3.79. The molecule has 2 rings (SSSR count). The zero-order valence-electron chi connectivity index (χ0n) is 12.2. The lowest BCUT2D eigenvalue weighted by Crippen LogP contribution is -2.39. The Morgan fingerprint density at radius 1 is 1.30 bits per heavy atom. The zero-order chi connectivity index (χ0) is 14.4. The molecule has 1 aliphatic carbocycles. The Balaban J connectivity index is 1.88. The minimum absolute atomic E-state index is 0.241. The van der Waals surface area contributed by atoms with Gasteiger partial charge < -0.3 is 5.32 Å². The van der Waals surface area contributed by atoms with Crippen LogP contribution in [0.1, 0.15) is 44.6 Å². The summed E-state index contributed by atoms with van der Waals surface area (Å²) in [5, 5.41) is 14.6. The summed E-state index contributed by atoms with van der Waals surface area (Å²) in [6.45, 7) is 3.08. The molecule has 0 saturated heterocycles. The van der Waals surface area contributed by atoms with Crippen LogP contribution in [0.3, 0.4) is 0 Å². The van der Waals surface area contributed by atoms with Crippen LogP contribution in [0, 0.1) is 16.0 Å². The fourth-order valence-corrected chi connectivity index (χ4v) is 3.26. The monoisotopic (exact) mass is 276 g/mol. The van der Waals surface area contributed by atoms with Crippen LogP contribution in [0.5, 0.6) is 0 Å². The number of nitrogens with zero attached hydrogens (tertiary/aromatic N) is 1. The maximum Gasteiger partial charge on any atom is 0.272 e. The van der Waals surface area contributed by atoms with Gasteiger partial charge in [-0.05, 0) is 31.7 Å². The Bertz CT molecular complexity index is 448. The Kier molecular flexibility index (Phi) is 5.53. The summed E-state index contributed by atoms with van der Waals surface area (Å²) in [6.07, 6.45) is 7.17. The second-order valence-corrected chi connectivity index (χ2v) is 5.65. The van der Waals surface area contributed by atoms with E-state index in [1.165, 1.54) is 32.1 Å². The summed E-state index contributed by atoms with van der Waals surface area (Å²) in [6, 6.07) is 7.64. The lowest BCUT2D eigenvalue weighted by Gasteiger charge is -2.31. The van der Waals surface area contributed by atoms with Crippen molar-refractivity contribution in [1.82, 2.24) is 5.32 Å². The normalized spacial score (nSPS) is 22.6. The predicted octanol–water partition coefficient (Wildman–Crippen LogP) is 3.70. The average molecular weight is 276 g/mol. The molecular formula is C16H24N2O2. The fourth-order valence-electron chi connectivity index (χ4n) is 3.26. The molecule has 1 aromatic rings. The van der Waals surface area contributed by atoms with E-state index < -0.39 is 0 Å². The first-order chi connectivity index (χ1) is 9.72. The number of hydrogen-bond donors (Lipinski definition) is 1. The summed E-state index contributed by atoms with van der Waals surface area (Å²) in [5.41, 5.74) is 1.07. The molecule has 2 atom stereocenters. The zero-order valence-corrected chi connectivity index (χ0v) is 12.2. The van der Waals surface area contributed by atoms with E-state index in [0.717, 1.165) is 24.4 Å². The molecule has 1 saturated carbocycles. The minimum atomic E-state index is -0.287. The first-order valence-electron chi connectivity index (χ1n) is 7.68. The van der Waals surface area contributed by atoms with Crippen LogP contribution < -0.4 is 5.32 Å². The van der Waals surface area contributed by atoms with Gasteiger partial charge >= 0.3 is 0 Å². The van der Waals surface area contributed by atoms with Crippen LogP contribution in [0.2, 0.25) is 0 Å². The smallest absolute Gasteiger partial charge is 0.272 e. The minimum Gasteiger partial charge on any atom is -0.313 e. The van der Waals surface area contributed by atoms with Crippen molar-refractivity contribution in [3.63, 3.8) is 0 Å². The van der Waals surface area contributed by atoms with Gasteiger partial charge in [0.25, 0.3) is 5.69 Å². The molecule has 0 spiro atoms. The summed E-state index contributed by atoms with van der Waals surface area (Å²) in [5.74, 6) is 0.773. The van der Waals surface area contributed by atoms with Crippen molar-refractivity contribution in [3.8, 4) is 0 Å². The van der Waals surface area contributed by atoms with Gasteiger partial charge in [0, 0.05) is 17.7 Å². The Hall–Kier alpha value is -1.42. The van der Waals surface area contributed by atoms with Crippen molar-refractivity contribution < 1.29 is 4.92 Å². The van der Waals surface area contributed by atoms with Crippen LogP contribution in [-0.2, 0) is 6.42 Å². The highest BCUT2D eigenvalue weighted by Crippen LogP contribution is 2.27. The van der Waals surface area contributed by atoms with E-state index in [-0.39, 0.29) is 10.6 Å². The molecule has 2 unspecified atom stereocenters. The molecule has 4 heteroatoms. The molecule has 110 valence electrons. The summed E-state index contributed by atoms with van der Waals surface area (Å²) >= 11 is 0. The van der Waals surface area contributed by atoms with Gasteiger partial charge in [-0.1, -0.05) is 44.4 Å². The van der Waals surface area contributed by atoms with Gasteiger partial charge in [-0.3, -0.25) is 10.1 Å². The fraction of sp³-hybridized carbons (Fsp3) is 0.625. The molecule has 20 heavy (non-hydrogen) atoms. The number of nitrogens with one attached hydrogen (secondary N) is 1. The lowest BCUT2D eigenvalue weighted by molar-refractivity contribution is -0.385. The maximum absolute atomic E-state index is 11.0. The molecule has 0 heterocycles. The van der Waals surface area contributed by atoms with Crippen LogP contribution in [0.15, 0.2) is 24.3 Å². The number of nitro benzene ring substituents is 1. The largest absolute Gasteiger partial charge is 0.313 e. The van der Waals surface area contributed by atoms with Gasteiger partial charge in [-0.15, -0.1) is 0 Å². The van der Waals surface area contributed by atoms with Crippen LogP contribution >= 0.6 is 0 Å². The quantitative estimate of drug-likeness (QED) is 0.636. The molecule has 1 aliphatic rings. The van der Waals surface area contributed by atoms with Crippen molar-refractivity contribution in [2.45, 2.75) is 51.5 Å². The third-order valence-corrected chi connectivity index (χ3v) is 4.42. The topological polar surface area (TPSA) is 55.2 Å². The van der Waals surface area contributed by atoms with E-state index in [1.807, 2.05) is 12.1 Å². The predicted molar refractivity (Wildman–Crippen MR) is 80.8 cm³/mol. The van der Waals surface area contributed by atoms with Crippen molar-refractivity contribution in [3.05, 3.63) is 39.9 Å². The molecule has 1 fully saturated rings. The van der Waals surface area contributed by atoms with Crippen LogP contribution in [-0.4, -0.2) is 17.5 Å². The molecule has 0 aliphatic heterocycles. The van der Waals surface area contributed by atoms with Gasteiger partial charge in [-0.25, -0.2) is 0 Å². The van der Waals surface area contributed by atoms with E-state index in [2.05, 4.69) is 12.2 Å². The Labute approximate surface area is 120 Å². The van der Waals surface area contributed by atoms with Gasteiger partial charge in [0.15, 0.2) is 0 Å². The number of benzene rings is 1. The van der Waals surface area contributed by atoms with Gasteiger partial charge in [0.2, 0.25) is 0 Å². The van der Waals surface area contributed by atoms with Gasteiger partial charge in [0.1, 0.15) is 0 Å². The molecule has 0 amide bonds. The van der Waals surface area contributed by atoms with E-state index >= 15 is 0 Å². The third-order valence-electron chi connectivity index (χ3n) is 4.42. The van der Waals surface area contributed by atoms with Crippen molar-refractivity contribution in [1.29, 1.82) is 0 Å². The summed E-state index contributed by atoms with van der Waals surface area (Å²) in [4.78, 5) is 10.7. The molecular weight excluding hydrogens is 252 g/mol. The summed E-state index contributed by atoms with van der Waals surface area (Å²) < 4.78 is 0. The molecule has 0 aromatic heterocycles. The van der Waals surface area contributed by atoms with Crippen LogP contribution in [0.4, 0.5) is 5.69 Å². The molecule has 0 bridgehead atoms. The number of para-hydroxylation sites is 1. The standard InChI is InChI=1S/C16H24N2O2/c1-2-13-7-3-5-9-15(13)17-12-11-14-8-4-6-10-16(14)18(19)20/h4,6,8,10,13,15,17H,2-3,5,7,9,11-12H2,1H3. The Morgan fingerprint density at radius 3 is 2.80 bits per heavy atom. The highest BCUT2D eigenvalue weighted by Gasteiger charge is 2.23. The van der Waals surface area contributed by atoms with Crippen molar-refractivity contribution in [2.75, 3.05) is 6.54 Å². The second kappa shape index (κ2) is 7.39. The van der Waals surface area contributed by atoms with Crippen LogP contribution in [0.25, 0.3) is 0 Å². The van der Waals surface area contributed by atoms with Gasteiger partial charge in [-0.2, -0.15) is 0 Å². The van der Waals surface area contributed by atoms with Crippen molar-refractivity contribution in [2.24, 2.45) is 5.92 Å². The number of nitro groups is 1. The first-order valence-corrected chi connectivity index (χ1v) is 7.68. The lowest BCUT2D eigenvalue weighted by atomic mass is 9.83. The van der Waals surface area contributed by atoms with E-state index in [9.17, 15) is 10.1 Å². The molecule has 0 radical (unpaired) electrons. The van der Waals surface area contributed by atoms with Gasteiger partial charge in [0.05, 0.1) is 4.92 Å². The summed E-state index contributed by atoms with van der Waals surface area (Å²) in [7, 11) is 0. The van der Waals surface area contributed by atoms with Crippen molar-refractivity contribution >= 4 is 5.69 Å².